The SMILES string of the molecule is CC(C)=C[C@H](O)C[C@@H](C)[C@H]1CC=C2C3=C(CC[C@@]21C)[C@@]1(C)CC[C@H](O[C@@H]2OC(CO)[C@H](O)C(O)C2O[C@@H]2OC(CO)[C@H](O)C(O)C2O)[C@@H](C)[C@@H]1CC3. The predicted molar refractivity (Wildman–Crippen MR) is 190 cm³/mol. The molecule has 0 aromatic rings. The topological polar surface area (TPSA) is 199 Å². The minimum absolute atomic E-state index is 0.0125. The van der Waals surface area contributed by atoms with Crippen molar-refractivity contribution >= 4 is 0 Å². The normalized spacial score (nSPS) is 47.5. The fourth-order valence-electron chi connectivity index (χ4n) is 11.2. The molecule has 296 valence electrons. The van der Waals surface area contributed by atoms with Crippen LogP contribution in [-0.2, 0) is 18.9 Å². The second-order valence-electron chi connectivity index (χ2n) is 17.5. The zero-order valence-electron chi connectivity index (χ0n) is 31.7. The first-order valence-corrected chi connectivity index (χ1v) is 19.6. The predicted octanol–water partition coefficient (Wildman–Crippen LogP) is 2.24. The Balaban J connectivity index is 1.18. The lowest BCUT2D eigenvalue weighted by atomic mass is 9.49. The van der Waals surface area contributed by atoms with Crippen LogP contribution < -0.4 is 0 Å². The van der Waals surface area contributed by atoms with E-state index in [0.29, 0.717) is 24.2 Å². The van der Waals surface area contributed by atoms with E-state index < -0.39 is 80.7 Å². The van der Waals surface area contributed by atoms with E-state index in [-0.39, 0.29) is 22.9 Å². The molecular formula is C40H64O12. The number of hydrogen-bond acceptors (Lipinski definition) is 12. The third-order valence-electron chi connectivity index (χ3n) is 14.1. The lowest BCUT2D eigenvalue weighted by Gasteiger charge is -2.57. The maximum atomic E-state index is 11.2. The van der Waals surface area contributed by atoms with Crippen molar-refractivity contribution in [2.45, 2.75) is 167 Å². The van der Waals surface area contributed by atoms with E-state index in [9.17, 15) is 40.9 Å². The molecule has 6 aliphatic rings. The molecule has 6 unspecified atom stereocenters. The second-order valence-corrected chi connectivity index (χ2v) is 17.5. The highest BCUT2D eigenvalue weighted by atomic mass is 16.8. The van der Waals surface area contributed by atoms with Gasteiger partial charge in [0.05, 0.1) is 25.4 Å². The van der Waals surface area contributed by atoms with Crippen LogP contribution in [0.15, 0.2) is 34.4 Å². The molecule has 0 bridgehead atoms. The zero-order valence-corrected chi connectivity index (χ0v) is 31.7. The summed E-state index contributed by atoms with van der Waals surface area (Å²) in [4.78, 5) is 0. The van der Waals surface area contributed by atoms with Gasteiger partial charge < -0.3 is 59.8 Å². The van der Waals surface area contributed by atoms with Gasteiger partial charge in [-0.15, -0.1) is 0 Å². The average Bonchev–Trinajstić information content (AvgIpc) is 3.46. The van der Waals surface area contributed by atoms with Crippen LogP contribution in [0.1, 0.15) is 92.9 Å². The molecule has 12 heteroatoms. The minimum atomic E-state index is -1.72. The number of ether oxygens (including phenoxy) is 4. The first kappa shape index (κ1) is 40.4. The average molecular weight is 737 g/mol. The van der Waals surface area contributed by atoms with Crippen molar-refractivity contribution in [1.82, 2.24) is 0 Å². The Kier molecular flexibility index (Phi) is 12.2. The zero-order chi connectivity index (χ0) is 37.9. The molecule has 3 fully saturated rings. The molecule has 2 aliphatic heterocycles. The summed E-state index contributed by atoms with van der Waals surface area (Å²) in [6.45, 7) is 12.2. The smallest absolute Gasteiger partial charge is 0.187 e. The highest BCUT2D eigenvalue weighted by molar-refractivity contribution is 5.49. The summed E-state index contributed by atoms with van der Waals surface area (Å²) in [5, 5.41) is 83.5. The number of fused-ring (bicyclic) bond motifs is 4. The maximum absolute atomic E-state index is 11.2. The van der Waals surface area contributed by atoms with Crippen LogP contribution in [0.3, 0.4) is 0 Å². The molecule has 0 spiro atoms. The van der Waals surface area contributed by atoms with Crippen molar-refractivity contribution in [1.29, 1.82) is 0 Å². The summed E-state index contributed by atoms with van der Waals surface area (Å²) in [6, 6.07) is 0. The Morgan fingerprint density at radius 2 is 1.52 bits per heavy atom. The molecule has 52 heavy (non-hydrogen) atoms. The van der Waals surface area contributed by atoms with E-state index in [1.54, 1.807) is 11.1 Å². The molecule has 18 atom stereocenters. The van der Waals surface area contributed by atoms with Crippen molar-refractivity contribution in [2.24, 2.45) is 34.5 Å². The lowest BCUT2D eigenvalue weighted by molar-refractivity contribution is -0.374. The molecule has 2 saturated heterocycles. The Labute approximate surface area is 308 Å². The molecule has 12 nitrogen and oxygen atoms in total. The van der Waals surface area contributed by atoms with Gasteiger partial charge in [-0.3, -0.25) is 0 Å². The number of aliphatic hydroxyl groups is 8. The van der Waals surface area contributed by atoms with E-state index >= 15 is 0 Å². The van der Waals surface area contributed by atoms with Gasteiger partial charge in [-0.05, 0) is 111 Å². The highest BCUT2D eigenvalue weighted by Gasteiger charge is 2.57. The molecule has 4 aliphatic carbocycles. The van der Waals surface area contributed by atoms with Crippen molar-refractivity contribution < 1.29 is 59.8 Å². The summed E-state index contributed by atoms with van der Waals surface area (Å²) in [6.07, 6.45) is -3.45. The van der Waals surface area contributed by atoms with Crippen LogP contribution >= 0.6 is 0 Å². The third-order valence-corrected chi connectivity index (χ3v) is 14.1. The first-order chi connectivity index (χ1) is 24.5. The van der Waals surface area contributed by atoms with Crippen LogP contribution in [0, 0.1) is 34.5 Å². The van der Waals surface area contributed by atoms with E-state index in [4.69, 9.17) is 18.9 Å². The van der Waals surface area contributed by atoms with Crippen molar-refractivity contribution in [3.63, 3.8) is 0 Å². The fraction of sp³-hybridized carbons (Fsp3) is 0.850. The van der Waals surface area contributed by atoms with E-state index in [0.717, 1.165) is 50.5 Å². The second kappa shape index (κ2) is 15.7. The van der Waals surface area contributed by atoms with Gasteiger partial charge in [0.2, 0.25) is 0 Å². The van der Waals surface area contributed by atoms with Crippen molar-refractivity contribution in [3.05, 3.63) is 34.4 Å². The number of aliphatic hydroxyl groups excluding tert-OH is 8. The van der Waals surface area contributed by atoms with Gasteiger partial charge in [0.15, 0.2) is 12.6 Å². The summed E-state index contributed by atoms with van der Waals surface area (Å²) < 4.78 is 24.1. The molecule has 0 radical (unpaired) electrons. The van der Waals surface area contributed by atoms with Gasteiger partial charge in [-0.25, -0.2) is 0 Å². The standard InChI is InChI=1S/C40H64O12/c1-19(2)15-22(43)16-20(3)24-9-10-26-23-7-8-25-21(4)28(12-14-40(25,6)27(23)11-13-39(24,26)5)49-38-36(34(47)32(45)30(18-42)51-38)52-37-35(48)33(46)31(44)29(17-41)50-37/h10,15,20-22,24-25,28-38,41-48H,7-9,11-14,16-18H2,1-6H3/t20-,21+,22+,24-,25+,28+,29?,30?,31+,32+,33?,34?,35?,36?,37+,38-,39-,40+/m1/s1. The highest BCUT2D eigenvalue weighted by Crippen LogP contribution is 2.65. The van der Waals surface area contributed by atoms with E-state index in [1.165, 1.54) is 5.57 Å². The summed E-state index contributed by atoms with van der Waals surface area (Å²) in [5.74, 6) is 1.31. The van der Waals surface area contributed by atoms with Crippen LogP contribution in [0.2, 0.25) is 0 Å². The summed E-state index contributed by atoms with van der Waals surface area (Å²) >= 11 is 0. The van der Waals surface area contributed by atoms with Gasteiger partial charge in [0, 0.05) is 0 Å². The van der Waals surface area contributed by atoms with Gasteiger partial charge in [-0.1, -0.05) is 51.0 Å². The van der Waals surface area contributed by atoms with Crippen LogP contribution in [0.5, 0.6) is 0 Å². The molecule has 6 rings (SSSR count). The number of rotatable bonds is 10. The summed E-state index contributed by atoms with van der Waals surface area (Å²) in [5.41, 5.74) is 5.88. The van der Waals surface area contributed by atoms with Crippen molar-refractivity contribution in [2.75, 3.05) is 13.2 Å². The van der Waals surface area contributed by atoms with Gasteiger partial charge in [0.25, 0.3) is 0 Å². The van der Waals surface area contributed by atoms with Crippen LogP contribution in [0.4, 0.5) is 0 Å². The molecule has 0 aromatic heterocycles. The Morgan fingerprint density at radius 1 is 0.865 bits per heavy atom. The molecule has 0 aromatic carbocycles. The first-order valence-electron chi connectivity index (χ1n) is 19.6. The lowest BCUT2D eigenvalue weighted by Crippen LogP contribution is -2.65. The Bertz CT molecular complexity index is 1360. The minimum Gasteiger partial charge on any atom is -0.394 e. The van der Waals surface area contributed by atoms with Gasteiger partial charge in [0.1, 0.15) is 48.8 Å². The quantitative estimate of drug-likeness (QED) is 0.153. The fourth-order valence-corrected chi connectivity index (χ4v) is 11.2. The molecule has 1 saturated carbocycles. The Hall–Kier alpha value is -1.26. The van der Waals surface area contributed by atoms with Crippen molar-refractivity contribution in [3.8, 4) is 0 Å². The van der Waals surface area contributed by atoms with E-state index in [2.05, 4.69) is 33.8 Å². The number of allylic oxidation sites excluding steroid dienone is 5. The molecule has 2 heterocycles. The van der Waals surface area contributed by atoms with E-state index in [1.807, 2.05) is 19.9 Å². The summed E-state index contributed by atoms with van der Waals surface area (Å²) in [7, 11) is 0. The third kappa shape index (κ3) is 7.14. The van der Waals surface area contributed by atoms with Gasteiger partial charge >= 0.3 is 0 Å². The largest absolute Gasteiger partial charge is 0.394 e. The van der Waals surface area contributed by atoms with Crippen LogP contribution in [0.25, 0.3) is 0 Å². The van der Waals surface area contributed by atoms with Crippen LogP contribution in [-0.4, -0.2) is 128 Å². The molecular weight excluding hydrogens is 672 g/mol. The maximum Gasteiger partial charge on any atom is 0.187 e. The molecule has 0 amide bonds. The Morgan fingerprint density at radius 3 is 2.17 bits per heavy atom. The monoisotopic (exact) mass is 736 g/mol. The number of hydrogen-bond donors (Lipinski definition) is 8. The van der Waals surface area contributed by atoms with Gasteiger partial charge in [-0.2, -0.15) is 0 Å². The molecule has 8 N–H and O–H groups in total.